The maximum Gasteiger partial charge on any atom is 0.305 e. The van der Waals surface area contributed by atoms with Crippen LogP contribution in [0.2, 0.25) is 0 Å². The van der Waals surface area contributed by atoms with Gasteiger partial charge in [-0.05, 0) is 51.4 Å². The summed E-state index contributed by atoms with van der Waals surface area (Å²) in [5.74, 6) is -0.0363. The molecule has 6 nitrogen and oxygen atoms in total. The van der Waals surface area contributed by atoms with E-state index in [0.29, 0.717) is 25.9 Å². The average Bonchev–Trinajstić information content (AvgIpc) is 3.26. The number of aliphatic hydroxyl groups excluding tert-OH is 2. The van der Waals surface area contributed by atoms with E-state index < -0.39 is 12.1 Å². The molecule has 0 saturated carbocycles. The van der Waals surface area contributed by atoms with Gasteiger partial charge in [-0.2, -0.15) is 0 Å². The van der Waals surface area contributed by atoms with Crippen molar-refractivity contribution in [3.8, 4) is 0 Å². The molecule has 0 spiro atoms. The van der Waals surface area contributed by atoms with Gasteiger partial charge in [0, 0.05) is 12.8 Å². The maximum atomic E-state index is 12.4. The molecule has 0 aliphatic rings. The van der Waals surface area contributed by atoms with Crippen molar-refractivity contribution in [1.29, 1.82) is 0 Å². The predicted molar refractivity (Wildman–Crippen MR) is 264 cm³/mol. The summed E-state index contributed by atoms with van der Waals surface area (Å²) in [6.07, 6.45) is 59.2. The summed E-state index contributed by atoms with van der Waals surface area (Å²) in [6, 6.07) is -0.544. The predicted octanol–water partition coefficient (Wildman–Crippen LogP) is 16.5. The van der Waals surface area contributed by atoms with Crippen LogP contribution >= 0.6 is 0 Å². The fourth-order valence-electron chi connectivity index (χ4n) is 8.58. The van der Waals surface area contributed by atoms with Gasteiger partial charge >= 0.3 is 5.97 Å². The number of carbonyl (C=O) groups is 2. The molecule has 6 heteroatoms. The minimum absolute atomic E-state index is 0.00915. The Bertz CT molecular complexity index is 909. The first-order valence-corrected chi connectivity index (χ1v) is 27.4. The van der Waals surface area contributed by atoms with E-state index in [9.17, 15) is 19.8 Å². The van der Waals surface area contributed by atoms with Crippen molar-refractivity contribution >= 4 is 11.9 Å². The molecule has 0 aliphatic heterocycles. The molecule has 362 valence electrons. The van der Waals surface area contributed by atoms with Crippen LogP contribution < -0.4 is 5.32 Å². The zero-order chi connectivity index (χ0) is 44.4. The molecule has 0 rings (SSSR count). The Morgan fingerprint density at radius 3 is 1.16 bits per heavy atom. The van der Waals surface area contributed by atoms with Gasteiger partial charge in [-0.15, -0.1) is 0 Å². The van der Waals surface area contributed by atoms with E-state index in [1.807, 2.05) is 0 Å². The van der Waals surface area contributed by atoms with Crippen molar-refractivity contribution in [2.45, 2.75) is 315 Å². The molecule has 0 radical (unpaired) electrons. The van der Waals surface area contributed by atoms with E-state index in [2.05, 4.69) is 31.3 Å². The van der Waals surface area contributed by atoms with E-state index in [1.54, 1.807) is 0 Å². The van der Waals surface area contributed by atoms with Crippen LogP contribution in [-0.2, 0) is 14.3 Å². The lowest BCUT2D eigenvalue weighted by molar-refractivity contribution is -0.143. The van der Waals surface area contributed by atoms with Crippen LogP contribution in [0.5, 0.6) is 0 Å². The number of carbonyl (C=O) groups excluding carboxylic acids is 2. The molecule has 0 aromatic heterocycles. The van der Waals surface area contributed by atoms with E-state index >= 15 is 0 Å². The lowest BCUT2D eigenvalue weighted by Gasteiger charge is -2.22. The monoisotopic (exact) mass is 862 g/mol. The number of aliphatic hydroxyl groups is 2. The molecule has 0 aromatic rings. The standard InChI is InChI=1S/C55H107NO5/c1-3-5-7-9-11-13-14-15-22-26-29-33-37-41-45-49-55(60)61-50-46-42-38-34-30-27-24-21-19-17-16-18-20-23-25-28-32-36-40-44-48-54(59)56-52(51-57)53(58)47-43-39-35-31-12-10-8-6-4-2/h16,18,52-53,57-58H,3-15,17,19-51H2,1-2H3,(H,56,59)/b18-16-. The molecule has 0 heterocycles. The highest BCUT2D eigenvalue weighted by molar-refractivity contribution is 5.76. The quantitative estimate of drug-likeness (QED) is 0.0322. The highest BCUT2D eigenvalue weighted by Gasteiger charge is 2.20. The first-order chi connectivity index (χ1) is 30.0. The van der Waals surface area contributed by atoms with Crippen molar-refractivity contribution in [3.05, 3.63) is 12.2 Å². The van der Waals surface area contributed by atoms with Crippen molar-refractivity contribution in [2.24, 2.45) is 0 Å². The van der Waals surface area contributed by atoms with Crippen LogP contribution in [0, 0.1) is 0 Å². The van der Waals surface area contributed by atoms with Crippen LogP contribution in [0.1, 0.15) is 303 Å². The first-order valence-electron chi connectivity index (χ1n) is 27.4. The van der Waals surface area contributed by atoms with Gasteiger partial charge in [-0.3, -0.25) is 9.59 Å². The highest BCUT2D eigenvalue weighted by atomic mass is 16.5. The molecule has 61 heavy (non-hydrogen) atoms. The van der Waals surface area contributed by atoms with Gasteiger partial charge in [0.2, 0.25) is 5.91 Å². The Kier molecular flexibility index (Phi) is 50.1. The third kappa shape index (κ3) is 47.9. The maximum absolute atomic E-state index is 12.4. The number of amides is 1. The lowest BCUT2D eigenvalue weighted by atomic mass is 10.0. The smallest absolute Gasteiger partial charge is 0.305 e. The SMILES string of the molecule is CCCCCCCCCCCCCCCCCC(=O)OCCCCCCCCCCC/C=C\CCCCCCCCCC(=O)NC(CO)C(O)CCCCCCCCCCC. The molecule has 2 unspecified atom stereocenters. The van der Waals surface area contributed by atoms with Gasteiger partial charge in [0.15, 0.2) is 0 Å². The second-order valence-corrected chi connectivity index (χ2v) is 18.9. The summed E-state index contributed by atoms with van der Waals surface area (Å²) in [4.78, 5) is 24.4. The molecular formula is C55H107NO5. The van der Waals surface area contributed by atoms with E-state index in [-0.39, 0.29) is 18.5 Å². The summed E-state index contributed by atoms with van der Waals surface area (Å²) in [5.41, 5.74) is 0. The summed E-state index contributed by atoms with van der Waals surface area (Å²) in [6.45, 7) is 4.93. The molecule has 0 aromatic carbocycles. The van der Waals surface area contributed by atoms with Gasteiger partial charge in [-0.25, -0.2) is 0 Å². The number of nitrogens with one attached hydrogen (secondary N) is 1. The third-order valence-corrected chi connectivity index (χ3v) is 12.8. The summed E-state index contributed by atoms with van der Waals surface area (Å²) in [7, 11) is 0. The van der Waals surface area contributed by atoms with Gasteiger partial charge in [-0.1, -0.05) is 251 Å². The molecule has 0 saturated heterocycles. The fourth-order valence-corrected chi connectivity index (χ4v) is 8.58. The normalized spacial score (nSPS) is 12.7. The minimum Gasteiger partial charge on any atom is -0.466 e. The van der Waals surface area contributed by atoms with Gasteiger partial charge < -0.3 is 20.3 Å². The summed E-state index contributed by atoms with van der Waals surface area (Å²) in [5, 5.41) is 23.1. The first kappa shape index (κ1) is 59.6. The fraction of sp³-hybridized carbons (Fsp3) is 0.927. The van der Waals surface area contributed by atoms with Crippen molar-refractivity contribution < 1.29 is 24.5 Å². The second kappa shape index (κ2) is 51.2. The number of esters is 1. The van der Waals surface area contributed by atoms with E-state index in [4.69, 9.17) is 4.74 Å². The third-order valence-electron chi connectivity index (χ3n) is 12.8. The van der Waals surface area contributed by atoms with Crippen molar-refractivity contribution in [3.63, 3.8) is 0 Å². The van der Waals surface area contributed by atoms with Gasteiger partial charge in [0.05, 0.1) is 25.4 Å². The number of rotatable bonds is 51. The van der Waals surface area contributed by atoms with Crippen LogP contribution in [0.15, 0.2) is 12.2 Å². The topological polar surface area (TPSA) is 95.9 Å². The number of hydrogen-bond acceptors (Lipinski definition) is 5. The van der Waals surface area contributed by atoms with Crippen molar-refractivity contribution in [1.82, 2.24) is 5.32 Å². The number of hydrogen-bond donors (Lipinski definition) is 3. The molecule has 0 aliphatic carbocycles. The van der Waals surface area contributed by atoms with Crippen LogP contribution in [0.3, 0.4) is 0 Å². The molecular weight excluding hydrogens is 755 g/mol. The number of allylic oxidation sites excluding steroid dienone is 2. The van der Waals surface area contributed by atoms with E-state index in [0.717, 1.165) is 38.5 Å². The Labute approximate surface area is 380 Å². The van der Waals surface area contributed by atoms with Crippen LogP contribution in [0.25, 0.3) is 0 Å². The molecule has 0 bridgehead atoms. The van der Waals surface area contributed by atoms with E-state index in [1.165, 1.54) is 231 Å². The average molecular weight is 862 g/mol. The zero-order valence-corrected chi connectivity index (χ0v) is 41.2. The Morgan fingerprint density at radius 1 is 0.443 bits per heavy atom. The molecule has 2 atom stereocenters. The second-order valence-electron chi connectivity index (χ2n) is 18.9. The van der Waals surface area contributed by atoms with Crippen LogP contribution in [0.4, 0.5) is 0 Å². The zero-order valence-electron chi connectivity index (χ0n) is 41.2. The number of ether oxygens (including phenoxy) is 1. The van der Waals surface area contributed by atoms with Gasteiger partial charge in [0.1, 0.15) is 0 Å². The molecule has 0 fully saturated rings. The minimum atomic E-state index is -0.666. The van der Waals surface area contributed by atoms with Crippen molar-refractivity contribution in [2.75, 3.05) is 13.2 Å². The van der Waals surface area contributed by atoms with Crippen LogP contribution in [-0.4, -0.2) is 47.4 Å². The Hall–Kier alpha value is -1.40. The lowest BCUT2D eigenvalue weighted by Crippen LogP contribution is -2.45. The molecule has 1 amide bonds. The summed E-state index contributed by atoms with van der Waals surface area (Å²) < 4.78 is 5.48. The Morgan fingerprint density at radius 2 is 0.770 bits per heavy atom. The highest BCUT2D eigenvalue weighted by Crippen LogP contribution is 2.17. The largest absolute Gasteiger partial charge is 0.466 e. The Balaban J connectivity index is 3.39. The molecule has 3 N–H and O–H groups in total. The summed E-state index contributed by atoms with van der Waals surface area (Å²) >= 11 is 0. The van der Waals surface area contributed by atoms with Gasteiger partial charge in [0.25, 0.3) is 0 Å². The number of unbranched alkanes of at least 4 members (excludes halogenated alkanes) is 38.